The number of rotatable bonds is 8. The van der Waals surface area contributed by atoms with E-state index in [1.165, 1.54) is 12.1 Å². The van der Waals surface area contributed by atoms with E-state index in [1.807, 2.05) is 32.0 Å². The summed E-state index contributed by atoms with van der Waals surface area (Å²) in [5.41, 5.74) is 1.67. The van der Waals surface area contributed by atoms with Crippen LogP contribution in [0, 0.1) is 6.92 Å². The van der Waals surface area contributed by atoms with Crippen molar-refractivity contribution in [3.63, 3.8) is 0 Å². The lowest BCUT2D eigenvalue weighted by molar-refractivity contribution is -0.116. The summed E-state index contributed by atoms with van der Waals surface area (Å²) in [4.78, 5) is 12.1. The number of sulfonamides is 1. The SMILES string of the molecule is CCOc1ccc(S(=O)(=O)NCCC(=O)Nc2ccccc2C)cc1. The number of carbonyl (C=O) groups is 1. The molecule has 0 fully saturated rings. The molecule has 7 heteroatoms. The molecule has 0 saturated heterocycles. The Morgan fingerprint density at radius 2 is 1.76 bits per heavy atom. The van der Waals surface area contributed by atoms with E-state index in [0.29, 0.717) is 12.4 Å². The smallest absolute Gasteiger partial charge is 0.240 e. The molecule has 0 aliphatic heterocycles. The molecule has 0 radical (unpaired) electrons. The van der Waals surface area contributed by atoms with Crippen molar-refractivity contribution in [2.75, 3.05) is 18.5 Å². The summed E-state index contributed by atoms with van der Waals surface area (Å²) in [6.07, 6.45) is 0.0462. The van der Waals surface area contributed by atoms with Crippen molar-refractivity contribution in [3.8, 4) is 5.75 Å². The van der Waals surface area contributed by atoms with Crippen molar-refractivity contribution in [3.05, 3.63) is 54.1 Å². The third-order valence-electron chi connectivity index (χ3n) is 3.51. The lowest BCUT2D eigenvalue weighted by Gasteiger charge is -2.10. The Labute approximate surface area is 148 Å². The molecule has 0 aliphatic carbocycles. The summed E-state index contributed by atoms with van der Waals surface area (Å²) in [6, 6.07) is 13.6. The van der Waals surface area contributed by atoms with Gasteiger partial charge in [-0.3, -0.25) is 4.79 Å². The van der Waals surface area contributed by atoms with Crippen molar-refractivity contribution in [1.29, 1.82) is 0 Å². The first-order valence-corrected chi connectivity index (χ1v) is 9.48. The summed E-state index contributed by atoms with van der Waals surface area (Å²) < 4.78 is 32.1. The van der Waals surface area contributed by atoms with Crippen molar-refractivity contribution in [1.82, 2.24) is 4.72 Å². The fourth-order valence-corrected chi connectivity index (χ4v) is 3.22. The van der Waals surface area contributed by atoms with Gasteiger partial charge in [0.2, 0.25) is 15.9 Å². The van der Waals surface area contributed by atoms with Gasteiger partial charge < -0.3 is 10.1 Å². The number of amides is 1. The maximum atomic E-state index is 12.2. The average Bonchev–Trinajstić information content (AvgIpc) is 2.58. The first-order chi connectivity index (χ1) is 11.9. The second-order valence-electron chi connectivity index (χ2n) is 5.42. The van der Waals surface area contributed by atoms with Gasteiger partial charge >= 0.3 is 0 Å². The average molecular weight is 362 g/mol. The summed E-state index contributed by atoms with van der Waals surface area (Å²) >= 11 is 0. The molecule has 6 nitrogen and oxygen atoms in total. The number of para-hydroxylation sites is 1. The highest BCUT2D eigenvalue weighted by atomic mass is 32.2. The van der Waals surface area contributed by atoms with Crippen molar-refractivity contribution in [2.45, 2.75) is 25.2 Å². The number of hydrogen-bond acceptors (Lipinski definition) is 4. The fourth-order valence-electron chi connectivity index (χ4n) is 2.19. The minimum absolute atomic E-state index is 0.0211. The van der Waals surface area contributed by atoms with Crippen LogP contribution < -0.4 is 14.8 Å². The molecule has 0 bridgehead atoms. The molecule has 0 aliphatic rings. The zero-order valence-corrected chi connectivity index (χ0v) is 15.1. The summed E-state index contributed by atoms with van der Waals surface area (Å²) in [6.45, 7) is 4.28. The van der Waals surface area contributed by atoms with Gasteiger partial charge in [0.1, 0.15) is 5.75 Å². The zero-order valence-electron chi connectivity index (χ0n) is 14.3. The standard InChI is InChI=1S/C18H22N2O4S/c1-3-24-15-8-10-16(11-9-15)25(22,23)19-13-12-18(21)20-17-7-5-4-6-14(17)2/h4-11,19H,3,12-13H2,1-2H3,(H,20,21). The van der Waals surface area contributed by atoms with E-state index in [0.717, 1.165) is 11.3 Å². The molecule has 1 amide bonds. The molecule has 0 aromatic heterocycles. The molecule has 0 spiro atoms. The van der Waals surface area contributed by atoms with Crippen molar-refractivity contribution >= 4 is 21.6 Å². The Morgan fingerprint density at radius 1 is 1.08 bits per heavy atom. The van der Waals surface area contributed by atoms with Crippen LogP contribution in [0.5, 0.6) is 5.75 Å². The third-order valence-corrected chi connectivity index (χ3v) is 4.99. The van der Waals surface area contributed by atoms with Gasteiger partial charge in [-0.2, -0.15) is 0 Å². The molecule has 0 heterocycles. The largest absolute Gasteiger partial charge is 0.494 e. The highest BCUT2D eigenvalue weighted by molar-refractivity contribution is 7.89. The first kappa shape index (κ1) is 19.0. The van der Waals surface area contributed by atoms with Gasteiger partial charge in [-0.25, -0.2) is 13.1 Å². The second-order valence-corrected chi connectivity index (χ2v) is 7.18. The predicted molar refractivity (Wildman–Crippen MR) is 97.2 cm³/mol. The van der Waals surface area contributed by atoms with Crippen molar-refractivity contribution in [2.24, 2.45) is 0 Å². The van der Waals surface area contributed by atoms with E-state index < -0.39 is 10.0 Å². The van der Waals surface area contributed by atoms with Crippen molar-refractivity contribution < 1.29 is 17.9 Å². The normalized spacial score (nSPS) is 11.1. The minimum Gasteiger partial charge on any atom is -0.494 e. The summed E-state index contributed by atoms with van der Waals surface area (Å²) in [5, 5.41) is 2.77. The fraction of sp³-hybridized carbons (Fsp3) is 0.278. The number of anilines is 1. The maximum Gasteiger partial charge on any atom is 0.240 e. The zero-order chi connectivity index (χ0) is 18.3. The molecular formula is C18H22N2O4S. The number of ether oxygens (including phenoxy) is 1. The van der Waals surface area contributed by atoms with Gasteiger partial charge in [0.25, 0.3) is 0 Å². The number of hydrogen-bond donors (Lipinski definition) is 2. The van der Waals surface area contributed by atoms with E-state index in [2.05, 4.69) is 10.0 Å². The highest BCUT2D eigenvalue weighted by Gasteiger charge is 2.14. The number of benzene rings is 2. The van der Waals surface area contributed by atoms with E-state index in [4.69, 9.17) is 4.74 Å². The molecule has 2 rings (SSSR count). The van der Waals surface area contributed by atoms with Crippen LogP contribution in [-0.4, -0.2) is 27.5 Å². The Hall–Kier alpha value is -2.38. The molecule has 0 saturated carbocycles. The van der Waals surface area contributed by atoms with Crippen LogP contribution in [0.1, 0.15) is 18.9 Å². The Kier molecular flexibility index (Phi) is 6.55. The van der Waals surface area contributed by atoms with Crippen LogP contribution in [0.2, 0.25) is 0 Å². The van der Waals surface area contributed by atoms with E-state index in [9.17, 15) is 13.2 Å². The van der Waals surface area contributed by atoms with Gasteiger partial charge in [0, 0.05) is 18.7 Å². The number of carbonyl (C=O) groups excluding carboxylic acids is 1. The lowest BCUT2D eigenvalue weighted by Crippen LogP contribution is -2.27. The van der Waals surface area contributed by atoms with E-state index in [-0.39, 0.29) is 23.8 Å². The highest BCUT2D eigenvalue weighted by Crippen LogP contribution is 2.16. The van der Waals surface area contributed by atoms with Crippen LogP contribution in [-0.2, 0) is 14.8 Å². The lowest BCUT2D eigenvalue weighted by atomic mass is 10.2. The van der Waals surface area contributed by atoms with Crippen LogP contribution in [0.25, 0.3) is 0 Å². The third kappa shape index (κ3) is 5.58. The number of nitrogens with one attached hydrogen (secondary N) is 2. The Morgan fingerprint density at radius 3 is 2.40 bits per heavy atom. The summed E-state index contributed by atoms with van der Waals surface area (Å²) in [7, 11) is -3.65. The van der Waals surface area contributed by atoms with Gasteiger partial charge in [0.05, 0.1) is 11.5 Å². The molecule has 2 aromatic carbocycles. The predicted octanol–water partition coefficient (Wildman–Crippen LogP) is 2.70. The van der Waals surface area contributed by atoms with Gasteiger partial charge in [-0.15, -0.1) is 0 Å². The van der Waals surface area contributed by atoms with Gasteiger partial charge in [-0.1, -0.05) is 18.2 Å². The second kappa shape index (κ2) is 8.64. The van der Waals surface area contributed by atoms with Crippen LogP contribution in [0.4, 0.5) is 5.69 Å². The van der Waals surface area contributed by atoms with Gasteiger partial charge in [0.15, 0.2) is 0 Å². The van der Waals surface area contributed by atoms with Gasteiger partial charge in [-0.05, 0) is 49.7 Å². The van der Waals surface area contributed by atoms with Crippen LogP contribution in [0.15, 0.2) is 53.4 Å². The Balaban J connectivity index is 1.87. The monoisotopic (exact) mass is 362 g/mol. The van der Waals surface area contributed by atoms with Crippen LogP contribution >= 0.6 is 0 Å². The number of aryl methyl sites for hydroxylation is 1. The molecule has 25 heavy (non-hydrogen) atoms. The molecular weight excluding hydrogens is 340 g/mol. The Bertz CT molecular complexity index is 817. The molecule has 2 aromatic rings. The van der Waals surface area contributed by atoms with Crippen LogP contribution in [0.3, 0.4) is 0 Å². The molecule has 0 unspecified atom stereocenters. The maximum absolute atomic E-state index is 12.2. The molecule has 0 atom stereocenters. The molecule has 2 N–H and O–H groups in total. The quantitative estimate of drug-likeness (QED) is 0.756. The van der Waals surface area contributed by atoms with E-state index in [1.54, 1.807) is 18.2 Å². The van der Waals surface area contributed by atoms with E-state index >= 15 is 0 Å². The first-order valence-electron chi connectivity index (χ1n) is 8.00. The summed E-state index contributed by atoms with van der Waals surface area (Å²) in [5.74, 6) is 0.364. The minimum atomic E-state index is -3.65. The topological polar surface area (TPSA) is 84.5 Å². The molecule has 134 valence electrons.